The monoisotopic (exact) mass is 454 g/mol. The van der Waals surface area contributed by atoms with Crippen LogP contribution in [0.5, 0.6) is 40.2 Å². The Morgan fingerprint density at radius 2 is 0.788 bits per heavy atom. The maximum atomic E-state index is 10.4. The van der Waals surface area contributed by atoms with Crippen LogP contribution in [0.2, 0.25) is 0 Å². The van der Waals surface area contributed by atoms with Gasteiger partial charge in [0.15, 0.2) is 11.5 Å². The largest absolute Gasteiger partial charge is 0.504 e. The zero-order valence-corrected chi connectivity index (χ0v) is 19.3. The first-order valence-electron chi connectivity index (χ1n) is 10.6. The lowest BCUT2D eigenvalue weighted by molar-refractivity contribution is 0.362. The molecule has 0 aliphatic carbocycles. The third kappa shape index (κ3) is 5.74. The average Bonchev–Trinajstić information content (AvgIpc) is 2.85. The van der Waals surface area contributed by atoms with E-state index in [0.717, 1.165) is 11.1 Å². The topological polar surface area (TPSA) is 97.6 Å². The number of phenols is 3. The molecule has 3 rings (SSSR count). The first-order valence-corrected chi connectivity index (χ1v) is 10.6. The number of aryl methyl sites for hydroxylation is 4. The van der Waals surface area contributed by atoms with Crippen LogP contribution in [-0.4, -0.2) is 43.8 Å². The lowest BCUT2D eigenvalue weighted by Crippen LogP contribution is -1.99. The van der Waals surface area contributed by atoms with Crippen molar-refractivity contribution in [2.45, 2.75) is 25.7 Å². The number of phenolic OH excluding ortho intramolecular Hbond substituents is 3. The Morgan fingerprint density at radius 1 is 0.455 bits per heavy atom. The van der Waals surface area contributed by atoms with E-state index >= 15 is 0 Å². The highest BCUT2D eigenvalue weighted by molar-refractivity contribution is 5.58. The highest BCUT2D eigenvalue weighted by Gasteiger charge is 2.17. The van der Waals surface area contributed by atoms with Crippen LogP contribution in [0.3, 0.4) is 0 Å². The lowest BCUT2D eigenvalue weighted by atomic mass is 9.96. The number of rotatable bonds is 10. The summed E-state index contributed by atoms with van der Waals surface area (Å²) in [5.74, 6) is 1.58. The van der Waals surface area contributed by atoms with E-state index < -0.39 is 5.75 Å². The van der Waals surface area contributed by atoms with E-state index in [9.17, 15) is 15.3 Å². The van der Waals surface area contributed by atoms with Crippen LogP contribution in [-0.2, 0) is 25.7 Å². The maximum Gasteiger partial charge on any atom is 0.200 e. The first-order chi connectivity index (χ1) is 15.9. The highest BCUT2D eigenvalue weighted by Crippen LogP contribution is 2.41. The average molecular weight is 455 g/mol. The molecule has 3 aromatic rings. The zero-order valence-electron chi connectivity index (χ0n) is 19.3. The molecule has 3 N–H and O–H groups in total. The second kappa shape index (κ2) is 10.7. The van der Waals surface area contributed by atoms with Crippen molar-refractivity contribution in [2.75, 3.05) is 28.4 Å². The molecule has 0 spiro atoms. The van der Waals surface area contributed by atoms with Gasteiger partial charge in [-0.25, -0.2) is 0 Å². The van der Waals surface area contributed by atoms with Gasteiger partial charge in [0.1, 0.15) is 23.0 Å². The second-order valence-corrected chi connectivity index (χ2v) is 7.68. The molecule has 0 unspecified atom stereocenters. The molecule has 0 radical (unpaired) electrons. The third-order valence-corrected chi connectivity index (χ3v) is 5.59. The van der Waals surface area contributed by atoms with Gasteiger partial charge >= 0.3 is 0 Å². The van der Waals surface area contributed by atoms with Gasteiger partial charge in [-0.2, -0.15) is 0 Å². The Hall–Kier alpha value is -3.74. The first kappa shape index (κ1) is 23.9. The van der Waals surface area contributed by atoms with Crippen LogP contribution in [0.1, 0.15) is 22.3 Å². The smallest absolute Gasteiger partial charge is 0.200 e. The van der Waals surface area contributed by atoms with Gasteiger partial charge in [-0.15, -0.1) is 0 Å². The summed E-state index contributed by atoms with van der Waals surface area (Å²) < 4.78 is 21.3. The summed E-state index contributed by atoms with van der Waals surface area (Å²) in [6, 6.07) is 12.9. The van der Waals surface area contributed by atoms with Crippen molar-refractivity contribution in [1.82, 2.24) is 0 Å². The van der Waals surface area contributed by atoms with Crippen LogP contribution in [0.25, 0.3) is 0 Å². The molecule has 7 nitrogen and oxygen atoms in total. The molecule has 0 fully saturated rings. The summed E-state index contributed by atoms with van der Waals surface area (Å²) in [4.78, 5) is 0. The van der Waals surface area contributed by atoms with Gasteiger partial charge in [0.25, 0.3) is 0 Å². The van der Waals surface area contributed by atoms with Gasteiger partial charge in [0.05, 0.1) is 28.4 Å². The van der Waals surface area contributed by atoms with Crippen molar-refractivity contribution >= 4 is 0 Å². The van der Waals surface area contributed by atoms with Gasteiger partial charge in [-0.1, -0.05) is 0 Å². The van der Waals surface area contributed by atoms with Gasteiger partial charge in [0, 0.05) is 12.1 Å². The highest BCUT2D eigenvalue weighted by atomic mass is 16.5. The predicted molar refractivity (Wildman–Crippen MR) is 125 cm³/mol. The van der Waals surface area contributed by atoms with E-state index in [1.165, 1.54) is 0 Å². The normalized spacial score (nSPS) is 10.7. The van der Waals surface area contributed by atoms with Crippen LogP contribution < -0.4 is 18.9 Å². The molecule has 0 aliphatic rings. The Balaban J connectivity index is 1.81. The van der Waals surface area contributed by atoms with Crippen LogP contribution in [0.4, 0.5) is 0 Å². The van der Waals surface area contributed by atoms with Crippen LogP contribution in [0.15, 0.2) is 42.5 Å². The minimum Gasteiger partial charge on any atom is -0.504 e. The molecule has 0 saturated carbocycles. The van der Waals surface area contributed by atoms with Crippen LogP contribution >= 0.6 is 0 Å². The molecule has 176 valence electrons. The second-order valence-electron chi connectivity index (χ2n) is 7.68. The predicted octanol–water partition coefficient (Wildman–Crippen LogP) is 4.41. The number of hydrogen-bond donors (Lipinski definition) is 3. The Bertz CT molecular complexity index is 980. The van der Waals surface area contributed by atoms with Crippen molar-refractivity contribution in [1.29, 1.82) is 0 Å². The molecule has 0 saturated heterocycles. The SMILES string of the molecule is COc1cc(CCc2cc(CCc3cc(OC)cc(OC)c3)c(O)c(O)c2O)cc(OC)c1. The summed E-state index contributed by atoms with van der Waals surface area (Å²) in [6.45, 7) is 0. The van der Waals surface area contributed by atoms with Gasteiger partial charge < -0.3 is 34.3 Å². The fourth-order valence-electron chi connectivity index (χ4n) is 3.72. The van der Waals surface area contributed by atoms with E-state index in [1.54, 1.807) is 46.6 Å². The molecular formula is C26H30O7. The summed E-state index contributed by atoms with van der Waals surface area (Å²) >= 11 is 0. The molecule has 0 atom stereocenters. The summed E-state index contributed by atoms with van der Waals surface area (Å²) in [7, 11) is 6.36. The molecule has 33 heavy (non-hydrogen) atoms. The molecule has 0 aromatic heterocycles. The molecule has 0 aliphatic heterocycles. The van der Waals surface area contributed by atoms with Crippen molar-refractivity contribution in [2.24, 2.45) is 0 Å². The van der Waals surface area contributed by atoms with Gasteiger partial charge in [0.2, 0.25) is 5.75 Å². The molecule has 0 amide bonds. The van der Waals surface area contributed by atoms with Gasteiger partial charge in [-0.05, 0) is 78.3 Å². The van der Waals surface area contributed by atoms with Crippen molar-refractivity contribution in [3.63, 3.8) is 0 Å². The standard InChI is InChI=1S/C26H30O7/c1-30-20-9-16(10-21(14-20)31-2)5-7-18-13-19(25(28)26(29)24(18)27)8-6-17-11-22(32-3)15-23(12-17)33-4/h9-15,27-29H,5-8H2,1-4H3. The van der Waals surface area contributed by atoms with E-state index in [-0.39, 0.29) is 11.5 Å². The van der Waals surface area contributed by atoms with Gasteiger partial charge in [-0.3, -0.25) is 0 Å². The van der Waals surface area contributed by atoms with Crippen molar-refractivity contribution in [3.05, 3.63) is 64.7 Å². The Morgan fingerprint density at radius 3 is 1.09 bits per heavy atom. The number of ether oxygens (including phenoxy) is 4. The summed E-state index contributed by atoms with van der Waals surface area (Å²) in [6.07, 6.45) is 2.07. The Kier molecular flexibility index (Phi) is 7.77. The van der Waals surface area contributed by atoms with Crippen molar-refractivity contribution in [3.8, 4) is 40.2 Å². The fourth-order valence-corrected chi connectivity index (χ4v) is 3.72. The Labute approximate surface area is 193 Å². The molecule has 7 heteroatoms. The number of aromatic hydroxyl groups is 3. The number of methoxy groups -OCH3 is 4. The van der Waals surface area contributed by atoms with E-state index in [4.69, 9.17) is 18.9 Å². The minimum absolute atomic E-state index is 0.311. The summed E-state index contributed by atoms with van der Waals surface area (Å²) in [5.41, 5.74) is 3.02. The van der Waals surface area contributed by atoms with E-state index in [1.807, 2.05) is 24.3 Å². The molecular weight excluding hydrogens is 424 g/mol. The lowest BCUT2D eigenvalue weighted by Gasteiger charge is -2.14. The quantitative estimate of drug-likeness (QED) is 0.391. The van der Waals surface area contributed by atoms with E-state index in [0.29, 0.717) is 59.8 Å². The maximum absolute atomic E-state index is 10.4. The van der Waals surface area contributed by atoms with Crippen molar-refractivity contribution < 1.29 is 34.3 Å². The number of hydrogen-bond acceptors (Lipinski definition) is 7. The molecule has 0 bridgehead atoms. The zero-order chi connectivity index (χ0) is 24.0. The minimum atomic E-state index is -0.506. The molecule has 0 heterocycles. The third-order valence-electron chi connectivity index (χ3n) is 5.59. The summed E-state index contributed by atoms with van der Waals surface area (Å²) in [5, 5.41) is 31.1. The fraction of sp³-hybridized carbons (Fsp3) is 0.308. The van der Waals surface area contributed by atoms with E-state index in [2.05, 4.69) is 0 Å². The van der Waals surface area contributed by atoms with Crippen LogP contribution in [0, 0.1) is 0 Å². The molecule has 3 aromatic carbocycles. The number of benzene rings is 3.